The van der Waals surface area contributed by atoms with Crippen LogP contribution in [0.2, 0.25) is 0 Å². The lowest BCUT2D eigenvalue weighted by molar-refractivity contribution is 0.320. The molecular weight excluding hydrogens is 180 g/mol. The Kier molecular flexibility index (Phi) is 5.71. The normalized spacial score (nSPS) is 26.8. The van der Waals surface area contributed by atoms with Gasteiger partial charge in [-0.2, -0.15) is 0 Å². The van der Waals surface area contributed by atoms with Crippen LogP contribution in [0, 0.1) is 23.7 Å². The van der Waals surface area contributed by atoms with Gasteiger partial charge in [0.2, 0.25) is 0 Å². The Hall–Kier alpha value is 0. The highest BCUT2D eigenvalue weighted by Crippen LogP contribution is 2.45. The van der Waals surface area contributed by atoms with Gasteiger partial charge in [0.25, 0.3) is 0 Å². The molecule has 0 aliphatic heterocycles. The molecule has 1 aliphatic rings. The van der Waals surface area contributed by atoms with Gasteiger partial charge in [-0.1, -0.05) is 59.8 Å². The van der Waals surface area contributed by atoms with Crippen molar-refractivity contribution in [2.45, 2.75) is 72.6 Å². The van der Waals surface area contributed by atoms with Crippen LogP contribution in [0.5, 0.6) is 0 Å². The van der Waals surface area contributed by atoms with Gasteiger partial charge in [-0.25, -0.2) is 0 Å². The fourth-order valence-electron chi connectivity index (χ4n) is 3.43. The minimum Gasteiger partial charge on any atom is -0.0654 e. The maximum absolute atomic E-state index is 2.47. The third kappa shape index (κ3) is 3.50. The Morgan fingerprint density at radius 3 is 2.40 bits per heavy atom. The molecule has 1 rings (SSSR count). The summed E-state index contributed by atoms with van der Waals surface area (Å²) in [5, 5.41) is 0. The zero-order valence-electron chi connectivity index (χ0n) is 11.2. The van der Waals surface area contributed by atoms with Crippen molar-refractivity contribution in [2.75, 3.05) is 0 Å². The van der Waals surface area contributed by atoms with Gasteiger partial charge in [0, 0.05) is 0 Å². The highest BCUT2D eigenvalue weighted by Gasteiger charge is 2.34. The molecule has 0 nitrogen and oxygen atoms in total. The maximum atomic E-state index is 2.47. The van der Waals surface area contributed by atoms with Crippen molar-refractivity contribution in [3.63, 3.8) is 0 Å². The van der Waals surface area contributed by atoms with E-state index in [9.17, 15) is 0 Å². The third-order valence-corrected chi connectivity index (χ3v) is 4.24. The van der Waals surface area contributed by atoms with E-state index >= 15 is 0 Å². The second kappa shape index (κ2) is 6.55. The number of hydrogen-bond donors (Lipinski definition) is 0. The molecule has 0 aromatic carbocycles. The van der Waals surface area contributed by atoms with Crippen LogP contribution in [0.1, 0.15) is 72.6 Å². The zero-order valence-corrected chi connectivity index (χ0v) is 11.2. The summed E-state index contributed by atoms with van der Waals surface area (Å²) in [7, 11) is 0. The average molecular weight is 209 g/mol. The standard InChI is InChI=1S/C15H29/c1-5-8-12(3)14-10-7-11-15(14)13(4)9-6-2/h12-14H,5-11H2,1-4H3. The summed E-state index contributed by atoms with van der Waals surface area (Å²) >= 11 is 0. The molecule has 0 heterocycles. The molecule has 1 aliphatic carbocycles. The summed E-state index contributed by atoms with van der Waals surface area (Å²) in [4.78, 5) is 0. The SMILES string of the molecule is CCCC(C)[C]1CCCC1C(C)CCC. The molecule has 89 valence electrons. The lowest BCUT2D eigenvalue weighted by Crippen LogP contribution is -2.20. The van der Waals surface area contributed by atoms with Gasteiger partial charge in [0.05, 0.1) is 0 Å². The fraction of sp³-hybridized carbons (Fsp3) is 0.933. The molecule has 0 N–H and O–H groups in total. The van der Waals surface area contributed by atoms with Gasteiger partial charge >= 0.3 is 0 Å². The predicted molar refractivity (Wildman–Crippen MR) is 68.7 cm³/mol. The first-order valence-corrected chi connectivity index (χ1v) is 7.06. The van der Waals surface area contributed by atoms with E-state index in [1.54, 1.807) is 0 Å². The Morgan fingerprint density at radius 2 is 1.80 bits per heavy atom. The molecule has 0 aromatic rings. The maximum Gasteiger partial charge on any atom is -0.0179 e. The summed E-state index contributed by atoms with van der Waals surface area (Å²) in [5.74, 6) is 4.71. The quantitative estimate of drug-likeness (QED) is 0.561. The van der Waals surface area contributed by atoms with Gasteiger partial charge in [0.15, 0.2) is 0 Å². The molecule has 0 saturated heterocycles. The van der Waals surface area contributed by atoms with E-state index in [2.05, 4.69) is 27.7 Å². The van der Waals surface area contributed by atoms with Crippen molar-refractivity contribution >= 4 is 0 Å². The van der Waals surface area contributed by atoms with Crippen molar-refractivity contribution < 1.29 is 0 Å². The summed E-state index contributed by atoms with van der Waals surface area (Å²) in [5.41, 5.74) is 0. The predicted octanol–water partition coefficient (Wildman–Crippen LogP) is 5.23. The molecule has 3 unspecified atom stereocenters. The Balaban J connectivity index is 2.48. The molecule has 1 saturated carbocycles. The highest BCUT2D eigenvalue weighted by atomic mass is 14.4. The van der Waals surface area contributed by atoms with Crippen LogP contribution >= 0.6 is 0 Å². The molecule has 0 amide bonds. The highest BCUT2D eigenvalue weighted by molar-refractivity contribution is 5.06. The van der Waals surface area contributed by atoms with E-state index < -0.39 is 0 Å². The Labute approximate surface area is 96.8 Å². The van der Waals surface area contributed by atoms with Gasteiger partial charge in [-0.15, -0.1) is 0 Å². The van der Waals surface area contributed by atoms with Gasteiger partial charge in [-0.05, 0) is 36.5 Å². The zero-order chi connectivity index (χ0) is 11.3. The largest absolute Gasteiger partial charge is 0.0654 e. The first-order valence-electron chi connectivity index (χ1n) is 7.06. The minimum atomic E-state index is 0.891. The average Bonchev–Trinajstić information content (AvgIpc) is 2.66. The molecule has 0 bridgehead atoms. The Morgan fingerprint density at radius 1 is 1.13 bits per heavy atom. The Bertz CT molecular complexity index is 143. The van der Waals surface area contributed by atoms with Crippen LogP contribution in [0.25, 0.3) is 0 Å². The van der Waals surface area contributed by atoms with Crippen molar-refractivity contribution in [2.24, 2.45) is 17.8 Å². The van der Waals surface area contributed by atoms with Gasteiger partial charge in [0.1, 0.15) is 0 Å². The first-order chi connectivity index (χ1) is 7.20. The topological polar surface area (TPSA) is 0 Å². The summed E-state index contributed by atoms with van der Waals surface area (Å²) < 4.78 is 0. The monoisotopic (exact) mass is 209 g/mol. The van der Waals surface area contributed by atoms with E-state index in [1.807, 2.05) is 5.92 Å². The van der Waals surface area contributed by atoms with Crippen LogP contribution in [-0.4, -0.2) is 0 Å². The van der Waals surface area contributed by atoms with E-state index in [0.717, 1.165) is 17.8 Å². The summed E-state index contributed by atoms with van der Waals surface area (Å²) in [6, 6.07) is 0. The van der Waals surface area contributed by atoms with Crippen molar-refractivity contribution in [3.8, 4) is 0 Å². The fourth-order valence-corrected chi connectivity index (χ4v) is 3.43. The van der Waals surface area contributed by atoms with Crippen molar-refractivity contribution in [1.29, 1.82) is 0 Å². The second-order valence-corrected chi connectivity index (χ2v) is 5.53. The van der Waals surface area contributed by atoms with Crippen molar-refractivity contribution in [1.82, 2.24) is 0 Å². The van der Waals surface area contributed by atoms with Crippen LogP contribution in [-0.2, 0) is 0 Å². The smallest absolute Gasteiger partial charge is 0.0179 e. The summed E-state index contributed by atoms with van der Waals surface area (Å²) in [6.45, 7) is 9.56. The molecule has 0 heteroatoms. The molecular formula is C15H29. The molecule has 1 fully saturated rings. The lowest BCUT2D eigenvalue weighted by atomic mass is 9.75. The van der Waals surface area contributed by atoms with E-state index in [1.165, 1.54) is 44.9 Å². The molecule has 0 aromatic heterocycles. The van der Waals surface area contributed by atoms with E-state index in [4.69, 9.17) is 0 Å². The third-order valence-electron chi connectivity index (χ3n) is 4.24. The molecule has 0 spiro atoms. The van der Waals surface area contributed by atoms with Gasteiger partial charge in [-0.3, -0.25) is 0 Å². The summed E-state index contributed by atoms with van der Waals surface area (Å²) in [6.07, 6.45) is 9.90. The van der Waals surface area contributed by atoms with Crippen LogP contribution in [0.3, 0.4) is 0 Å². The van der Waals surface area contributed by atoms with Crippen LogP contribution in [0.15, 0.2) is 0 Å². The molecule has 1 radical (unpaired) electrons. The number of rotatable bonds is 6. The van der Waals surface area contributed by atoms with Crippen molar-refractivity contribution in [3.05, 3.63) is 5.92 Å². The van der Waals surface area contributed by atoms with E-state index in [0.29, 0.717) is 0 Å². The minimum absolute atomic E-state index is 0.891. The van der Waals surface area contributed by atoms with Crippen LogP contribution in [0.4, 0.5) is 0 Å². The van der Waals surface area contributed by atoms with Gasteiger partial charge < -0.3 is 0 Å². The molecule has 15 heavy (non-hydrogen) atoms. The lowest BCUT2D eigenvalue weighted by Gasteiger charge is -2.29. The van der Waals surface area contributed by atoms with E-state index in [-0.39, 0.29) is 0 Å². The first kappa shape index (κ1) is 13.1. The molecule has 3 atom stereocenters. The second-order valence-electron chi connectivity index (χ2n) is 5.53. The van der Waals surface area contributed by atoms with Crippen LogP contribution < -0.4 is 0 Å². The number of hydrogen-bond acceptors (Lipinski definition) is 0.